The average molecular weight is 376 g/mol. The maximum absolute atomic E-state index is 13.5. The molecule has 1 aromatic rings. The Balaban J connectivity index is 1.31. The number of hydrogen-bond donors (Lipinski definition) is 2. The van der Waals surface area contributed by atoms with Crippen LogP contribution in [-0.4, -0.2) is 87.4 Å². The molecule has 10 heteroatoms. The Kier molecular flexibility index (Phi) is 4.80. The predicted molar refractivity (Wildman–Crippen MR) is 95.1 cm³/mol. The van der Waals surface area contributed by atoms with Gasteiger partial charge in [-0.25, -0.2) is 10.1 Å². The summed E-state index contributed by atoms with van der Waals surface area (Å²) in [6.45, 7) is 5.32. The van der Waals surface area contributed by atoms with E-state index in [1.54, 1.807) is 11.0 Å². The molecule has 1 aromatic heterocycles. The third kappa shape index (κ3) is 3.35. The summed E-state index contributed by atoms with van der Waals surface area (Å²) in [5.74, 6) is 0.602. The van der Waals surface area contributed by atoms with Gasteiger partial charge in [-0.2, -0.15) is 0 Å². The van der Waals surface area contributed by atoms with Gasteiger partial charge >= 0.3 is 0 Å². The van der Waals surface area contributed by atoms with Crippen molar-refractivity contribution >= 4 is 5.91 Å². The number of hydrogen-bond acceptors (Lipinski definition) is 8. The number of carbonyl (C=O) groups is 1. The van der Waals surface area contributed by atoms with E-state index in [2.05, 4.69) is 36.2 Å². The van der Waals surface area contributed by atoms with E-state index in [1.807, 2.05) is 0 Å². The Hall–Kier alpha value is -1.62. The number of carbonyl (C=O) groups excluding carboxylic acids is 1. The minimum atomic E-state index is -0.235. The van der Waals surface area contributed by atoms with Gasteiger partial charge in [0.2, 0.25) is 5.91 Å². The molecule has 0 spiro atoms. The lowest BCUT2D eigenvalue weighted by Gasteiger charge is -2.38. The highest BCUT2D eigenvalue weighted by Gasteiger charge is 2.44. The molecule has 0 aliphatic carbocycles. The molecule has 0 saturated carbocycles. The van der Waals surface area contributed by atoms with Crippen molar-refractivity contribution in [3.63, 3.8) is 0 Å². The van der Waals surface area contributed by atoms with E-state index in [0.717, 1.165) is 52.1 Å². The Morgan fingerprint density at radius 1 is 1.07 bits per heavy atom. The van der Waals surface area contributed by atoms with Crippen LogP contribution in [-0.2, 0) is 9.53 Å². The number of piperidine rings is 1. The first-order valence-electron chi connectivity index (χ1n) is 10.1. The molecule has 2 bridgehead atoms. The topological polar surface area (TPSA) is 100 Å². The quantitative estimate of drug-likeness (QED) is 0.693. The van der Waals surface area contributed by atoms with Crippen LogP contribution in [0.2, 0.25) is 0 Å². The number of ether oxygens (including phenoxy) is 1. The van der Waals surface area contributed by atoms with E-state index in [0.29, 0.717) is 24.5 Å². The molecule has 10 nitrogen and oxygen atoms in total. The normalized spacial score (nSPS) is 35.5. The molecule has 5 aliphatic rings. The van der Waals surface area contributed by atoms with E-state index >= 15 is 0 Å². The molecule has 6 rings (SSSR count). The van der Waals surface area contributed by atoms with Gasteiger partial charge in [-0.1, -0.05) is 0 Å². The number of nitrogens with zero attached hydrogens (tertiary/aromatic N) is 6. The molecule has 0 radical (unpaired) electrons. The Labute approximate surface area is 158 Å². The molecule has 2 unspecified atom stereocenters. The molecular formula is C17H28N8O2. The molecule has 0 aromatic carbocycles. The third-order valence-electron chi connectivity index (χ3n) is 6.65. The standard InChI is InChI=1S/C17H28N8O2/c26-17(15-7-18-20-16(15)25-11-19-21-22-25)24-9-12-1-2-14(24)10-23(8-12)13-3-5-27-6-4-13/h11-16,18,20H,1-10H2/t12-,14+,15?,16?/m0/s1. The average Bonchev–Trinajstić information content (AvgIpc) is 3.33. The zero-order valence-electron chi connectivity index (χ0n) is 15.5. The van der Waals surface area contributed by atoms with E-state index in [-0.39, 0.29) is 18.0 Å². The molecular weight excluding hydrogens is 348 g/mol. The van der Waals surface area contributed by atoms with Crippen molar-refractivity contribution in [2.24, 2.45) is 11.8 Å². The van der Waals surface area contributed by atoms with Crippen molar-refractivity contribution in [3.05, 3.63) is 6.33 Å². The number of tetrazole rings is 1. The summed E-state index contributed by atoms with van der Waals surface area (Å²) in [6, 6.07) is 0.926. The van der Waals surface area contributed by atoms with Gasteiger partial charge in [0.05, 0.1) is 5.92 Å². The van der Waals surface area contributed by atoms with Crippen LogP contribution in [0.3, 0.4) is 0 Å². The van der Waals surface area contributed by atoms with Gasteiger partial charge in [-0.05, 0) is 42.0 Å². The van der Waals surface area contributed by atoms with Crippen LogP contribution in [0.25, 0.3) is 0 Å². The zero-order chi connectivity index (χ0) is 18.2. The van der Waals surface area contributed by atoms with E-state index < -0.39 is 0 Å². The van der Waals surface area contributed by atoms with Gasteiger partial charge in [0, 0.05) is 51.5 Å². The molecule has 148 valence electrons. The van der Waals surface area contributed by atoms with Crippen LogP contribution < -0.4 is 10.9 Å². The van der Waals surface area contributed by atoms with Gasteiger partial charge in [0.1, 0.15) is 12.5 Å². The summed E-state index contributed by atoms with van der Waals surface area (Å²) in [6.07, 6.45) is 5.90. The maximum Gasteiger partial charge on any atom is 0.230 e. The summed E-state index contributed by atoms with van der Waals surface area (Å²) in [5.41, 5.74) is 6.26. The number of nitrogens with one attached hydrogen (secondary N) is 2. The van der Waals surface area contributed by atoms with Crippen molar-refractivity contribution in [3.8, 4) is 0 Å². The van der Waals surface area contributed by atoms with Crippen molar-refractivity contribution < 1.29 is 9.53 Å². The second kappa shape index (κ2) is 7.42. The molecule has 5 aliphatic heterocycles. The van der Waals surface area contributed by atoms with Crippen LogP contribution in [0, 0.1) is 11.8 Å². The lowest BCUT2D eigenvalue weighted by atomic mass is 9.93. The second-order valence-corrected chi connectivity index (χ2v) is 8.25. The fraction of sp³-hybridized carbons (Fsp3) is 0.882. The van der Waals surface area contributed by atoms with E-state index in [9.17, 15) is 4.79 Å². The van der Waals surface area contributed by atoms with Crippen molar-refractivity contribution in [1.29, 1.82) is 0 Å². The fourth-order valence-electron chi connectivity index (χ4n) is 5.20. The highest BCUT2D eigenvalue weighted by molar-refractivity contribution is 5.80. The van der Waals surface area contributed by atoms with Crippen LogP contribution in [0.4, 0.5) is 0 Å². The highest BCUT2D eigenvalue weighted by atomic mass is 16.5. The number of aromatic nitrogens is 4. The maximum atomic E-state index is 13.5. The Morgan fingerprint density at radius 3 is 2.78 bits per heavy atom. The summed E-state index contributed by atoms with van der Waals surface area (Å²) < 4.78 is 7.17. The molecule has 4 atom stereocenters. The second-order valence-electron chi connectivity index (χ2n) is 8.25. The zero-order valence-corrected chi connectivity index (χ0v) is 15.5. The monoisotopic (exact) mass is 376 g/mol. The summed E-state index contributed by atoms with van der Waals surface area (Å²) in [4.78, 5) is 18.3. The minimum Gasteiger partial charge on any atom is -0.381 e. The lowest BCUT2D eigenvalue weighted by molar-refractivity contribution is -0.140. The van der Waals surface area contributed by atoms with Crippen LogP contribution in [0.5, 0.6) is 0 Å². The number of fused-ring (bicyclic) bond motifs is 4. The fourth-order valence-corrected chi connectivity index (χ4v) is 5.20. The molecule has 5 saturated heterocycles. The molecule has 1 amide bonds. The van der Waals surface area contributed by atoms with E-state index in [1.165, 1.54) is 6.42 Å². The Bertz CT molecular complexity index is 649. The molecule has 6 heterocycles. The van der Waals surface area contributed by atoms with Crippen molar-refractivity contribution in [2.45, 2.75) is 43.9 Å². The smallest absolute Gasteiger partial charge is 0.230 e. The van der Waals surface area contributed by atoms with Crippen LogP contribution in [0.1, 0.15) is 31.8 Å². The van der Waals surface area contributed by atoms with Gasteiger partial charge in [0.15, 0.2) is 0 Å². The third-order valence-corrected chi connectivity index (χ3v) is 6.65. The predicted octanol–water partition coefficient (Wildman–Crippen LogP) is -1.00. The first kappa shape index (κ1) is 17.5. The summed E-state index contributed by atoms with van der Waals surface area (Å²) >= 11 is 0. The molecule has 2 N–H and O–H groups in total. The number of hydrazine groups is 1. The van der Waals surface area contributed by atoms with Crippen LogP contribution >= 0.6 is 0 Å². The first-order chi connectivity index (χ1) is 13.3. The lowest BCUT2D eigenvalue weighted by Crippen LogP contribution is -2.51. The SMILES string of the molecule is O=C(C1CNNC1n1cnnn1)N1C[C@H]2CC[C@@H]1CN(C1CCOCC1)C2. The number of rotatable bonds is 3. The van der Waals surface area contributed by atoms with Crippen LogP contribution in [0.15, 0.2) is 6.33 Å². The minimum absolute atomic E-state index is 0.190. The van der Waals surface area contributed by atoms with Gasteiger partial charge in [-0.3, -0.25) is 15.1 Å². The summed E-state index contributed by atoms with van der Waals surface area (Å²) in [5, 5.41) is 11.4. The summed E-state index contributed by atoms with van der Waals surface area (Å²) in [7, 11) is 0. The number of amides is 1. The molecule has 27 heavy (non-hydrogen) atoms. The first-order valence-corrected chi connectivity index (χ1v) is 10.1. The van der Waals surface area contributed by atoms with Gasteiger partial charge < -0.3 is 9.64 Å². The molecule has 5 fully saturated rings. The van der Waals surface area contributed by atoms with Crippen molar-refractivity contribution in [2.75, 3.05) is 39.4 Å². The van der Waals surface area contributed by atoms with Gasteiger partial charge in [0.25, 0.3) is 0 Å². The van der Waals surface area contributed by atoms with E-state index in [4.69, 9.17) is 4.74 Å². The largest absolute Gasteiger partial charge is 0.381 e. The van der Waals surface area contributed by atoms with Crippen molar-refractivity contribution in [1.82, 2.24) is 40.9 Å². The highest BCUT2D eigenvalue weighted by Crippen LogP contribution is 2.33. The van der Waals surface area contributed by atoms with Gasteiger partial charge in [-0.15, -0.1) is 5.10 Å². The Morgan fingerprint density at radius 2 is 1.96 bits per heavy atom.